The maximum absolute atomic E-state index is 6.42. The Morgan fingerprint density at radius 1 is 1.23 bits per heavy atom. The van der Waals surface area contributed by atoms with Crippen LogP contribution in [0.5, 0.6) is 0 Å². The molecule has 4 rings (SSSR count). The molecule has 1 aliphatic rings. The molecular weight excluding hydrogens is 395 g/mol. The van der Waals surface area contributed by atoms with Crippen molar-refractivity contribution in [3.8, 4) is 11.5 Å². The molecule has 0 saturated carbocycles. The first kappa shape index (κ1) is 19.1. The average Bonchev–Trinajstić information content (AvgIpc) is 3.18. The van der Waals surface area contributed by atoms with E-state index in [-0.39, 0.29) is 18.4 Å². The van der Waals surface area contributed by atoms with Crippen LogP contribution in [0, 0.1) is 0 Å². The molecule has 1 aliphatic carbocycles. The molecule has 0 saturated heterocycles. The number of hydrogen-bond acceptors (Lipinski definition) is 4. The Kier molecular flexibility index (Phi) is 5.82. The van der Waals surface area contributed by atoms with Crippen LogP contribution in [0.3, 0.4) is 0 Å². The Hall–Kier alpha value is -1.66. The third-order valence-corrected chi connectivity index (χ3v) is 5.13. The van der Waals surface area contributed by atoms with E-state index in [1.807, 2.05) is 0 Å². The molecule has 0 fully saturated rings. The first-order valence-electron chi connectivity index (χ1n) is 8.20. The van der Waals surface area contributed by atoms with Crippen molar-refractivity contribution >= 4 is 41.3 Å². The van der Waals surface area contributed by atoms with E-state index in [0.717, 1.165) is 30.6 Å². The maximum Gasteiger partial charge on any atom is 0.194 e. The number of aryl methyl sites for hydroxylation is 1. The van der Waals surface area contributed by atoms with Crippen molar-refractivity contribution in [1.29, 1.82) is 0 Å². The molecule has 1 aromatic carbocycles. The number of halogens is 3. The Morgan fingerprint density at radius 2 is 2.08 bits per heavy atom. The molecule has 0 radical (unpaired) electrons. The summed E-state index contributed by atoms with van der Waals surface area (Å²) in [5.74, 6) is 0.544. The third kappa shape index (κ3) is 3.86. The SMILES string of the molecule is Cl.N[C@H]1CCc2cc(NCc3[nH]nc(-c4ccc(Cl)o4)c3Cl)ccc2C1. The van der Waals surface area contributed by atoms with E-state index >= 15 is 0 Å². The summed E-state index contributed by atoms with van der Waals surface area (Å²) in [6.45, 7) is 0.540. The van der Waals surface area contributed by atoms with Crippen LogP contribution in [-0.4, -0.2) is 16.2 Å². The second-order valence-electron chi connectivity index (χ2n) is 6.31. The molecule has 4 N–H and O–H groups in total. The predicted octanol–water partition coefficient (Wildman–Crippen LogP) is 4.83. The fraction of sp³-hybridized carbons (Fsp3) is 0.278. The zero-order valence-corrected chi connectivity index (χ0v) is 16.2. The van der Waals surface area contributed by atoms with Gasteiger partial charge in [-0.3, -0.25) is 5.10 Å². The van der Waals surface area contributed by atoms with E-state index < -0.39 is 0 Å². The molecule has 0 spiro atoms. The van der Waals surface area contributed by atoms with E-state index in [2.05, 4.69) is 33.7 Å². The third-order valence-electron chi connectivity index (χ3n) is 4.52. The Balaban J connectivity index is 0.00000196. The number of hydrogen-bond donors (Lipinski definition) is 3. The summed E-state index contributed by atoms with van der Waals surface area (Å²) >= 11 is 12.2. The van der Waals surface area contributed by atoms with E-state index in [1.54, 1.807) is 12.1 Å². The molecule has 0 unspecified atom stereocenters. The number of nitrogens with one attached hydrogen (secondary N) is 2. The van der Waals surface area contributed by atoms with Crippen LogP contribution in [0.25, 0.3) is 11.5 Å². The number of nitrogens with zero attached hydrogens (tertiary/aromatic N) is 1. The second kappa shape index (κ2) is 7.92. The summed E-state index contributed by atoms with van der Waals surface area (Å²) in [5, 5.41) is 11.4. The Morgan fingerprint density at radius 3 is 2.85 bits per heavy atom. The van der Waals surface area contributed by atoms with Gasteiger partial charge in [-0.15, -0.1) is 12.4 Å². The number of fused-ring (bicyclic) bond motifs is 1. The van der Waals surface area contributed by atoms with Crippen LogP contribution in [-0.2, 0) is 19.4 Å². The summed E-state index contributed by atoms with van der Waals surface area (Å²) in [5.41, 5.74) is 11.2. The molecular formula is C18H19Cl3N4O. The van der Waals surface area contributed by atoms with Crippen LogP contribution in [0.1, 0.15) is 23.2 Å². The van der Waals surface area contributed by atoms with Gasteiger partial charge < -0.3 is 15.5 Å². The Labute approximate surface area is 167 Å². The molecule has 1 atom stereocenters. The highest BCUT2D eigenvalue weighted by Crippen LogP contribution is 2.31. The molecule has 26 heavy (non-hydrogen) atoms. The van der Waals surface area contributed by atoms with Crippen molar-refractivity contribution in [3.05, 3.63) is 57.4 Å². The van der Waals surface area contributed by atoms with Crippen LogP contribution in [0.2, 0.25) is 10.2 Å². The first-order valence-corrected chi connectivity index (χ1v) is 8.95. The zero-order valence-electron chi connectivity index (χ0n) is 13.9. The van der Waals surface area contributed by atoms with Gasteiger partial charge in [-0.1, -0.05) is 17.7 Å². The number of furan rings is 1. The quantitative estimate of drug-likeness (QED) is 0.572. The smallest absolute Gasteiger partial charge is 0.194 e. The number of benzene rings is 1. The largest absolute Gasteiger partial charge is 0.443 e. The fourth-order valence-corrected chi connectivity index (χ4v) is 3.56. The zero-order chi connectivity index (χ0) is 17.4. The van der Waals surface area contributed by atoms with Crippen molar-refractivity contribution in [3.63, 3.8) is 0 Å². The van der Waals surface area contributed by atoms with Crippen molar-refractivity contribution in [2.45, 2.75) is 31.8 Å². The van der Waals surface area contributed by atoms with Gasteiger partial charge in [0, 0.05) is 11.7 Å². The average molecular weight is 414 g/mol. The number of aromatic nitrogens is 2. The normalized spacial score (nSPS) is 16.0. The van der Waals surface area contributed by atoms with E-state index in [4.69, 9.17) is 33.4 Å². The molecule has 0 bridgehead atoms. The number of nitrogens with two attached hydrogens (primary N) is 1. The molecule has 8 heteroatoms. The lowest BCUT2D eigenvalue weighted by Crippen LogP contribution is -2.27. The minimum atomic E-state index is 0. The van der Waals surface area contributed by atoms with E-state index in [0.29, 0.717) is 28.2 Å². The highest BCUT2D eigenvalue weighted by molar-refractivity contribution is 6.33. The lowest BCUT2D eigenvalue weighted by atomic mass is 9.88. The van der Waals surface area contributed by atoms with Crippen molar-refractivity contribution < 1.29 is 4.42 Å². The van der Waals surface area contributed by atoms with Gasteiger partial charge in [-0.2, -0.15) is 5.10 Å². The van der Waals surface area contributed by atoms with Crippen LogP contribution in [0.15, 0.2) is 34.7 Å². The maximum atomic E-state index is 6.42. The molecule has 138 valence electrons. The summed E-state index contributed by atoms with van der Waals surface area (Å²) in [7, 11) is 0. The minimum Gasteiger partial charge on any atom is -0.443 e. The van der Waals surface area contributed by atoms with Gasteiger partial charge in [0.25, 0.3) is 0 Å². The van der Waals surface area contributed by atoms with Crippen LogP contribution >= 0.6 is 35.6 Å². The number of anilines is 1. The van der Waals surface area contributed by atoms with Crippen LogP contribution in [0.4, 0.5) is 5.69 Å². The van der Waals surface area contributed by atoms with Gasteiger partial charge in [-0.05, 0) is 66.3 Å². The van der Waals surface area contributed by atoms with Crippen LogP contribution < -0.4 is 11.1 Å². The summed E-state index contributed by atoms with van der Waals surface area (Å²) in [6.07, 6.45) is 3.02. The second-order valence-corrected chi connectivity index (χ2v) is 7.06. The highest BCUT2D eigenvalue weighted by Gasteiger charge is 2.17. The molecule has 2 aromatic heterocycles. The molecule has 3 aromatic rings. The van der Waals surface area contributed by atoms with E-state index in [1.165, 1.54) is 11.1 Å². The minimum absolute atomic E-state index is 0. The van der Waals surface area contributed by atoms with Crippen molar-refractivity contribution in [2.75, 3.05) is 5.32 Å². The summed E-state index contributed by atoms with van der Waals surface area (Å²) in [6, 6.07) is 10.1. The summed E-state index contributed by atoms with van der Waals surface area (Å²) in [4.78, 5) is 0. The van der Waals surface area contributed by atoms with Gasteiger partial charge in [0.05, 0.1) is 17.3 Å². The van der Waals surface area contributed by atoms with Crippen molar-refractivity contribution in [2.24, 2.45) is 5.73 Å². The number of aromatic amines is 1. The van der Waals surface area contributed by atoms with Gasteiger partial charge in [0.2, 0.25) is 0 Å². The van der Waals surface area contributed by atoms with Gasteiger partial charge in [0.1, 0.15) is 5.69 Å². The fourth-order valence-electron chi connectivity index (χ4n) is 3.17. The Bertz CT molecular complexity index is 906. The number of H-pyrrole nitrogens is 1. The standard InChI is InChI=1S/C18H18Cl2N4O.ClH/c19-16-6-5-15(25-16)18-17(20)14(23-24-18)9-22-13-4-2-10-7-12(21)3-1-11(10)8-13;/h2,4-6,8,12,22H,1,3,7,9,21H2,(H,23,24);1H/t12-;/m0./s1. The van der Waals surface area contributed by atoms with Gasteiger partial charge >= 0.3 is 0 Å². The van der Waals surface area contributed by atoms with Gasteiger partial charge in [-0.25, -0.2) is 0 Å². The highest BCUT2D eigenvalue weighted by atomic mass is 35.5. The monoisotopic (exact) mass is 412 g/mol. The summed E-state index contributed by atoms with van der Waals surface area (Å²) < 4.78 is 5.37. The first-order chi connectivity index (χ1) is 12.1. The molecule has 0 amide bonds. The molecule has 5 nitrogen and oxygen atoms in total. The topological polar surface area (TPSA) is 79.9 Å². The van der Waals surface area contributed by atoms with Gasteiger partial charge in [0.15, 0.2) is 11.0 Å². The lowest BCUT2D eigenvalue weighted by Gasteiger charge is -2.22. The number of rotatable bonds is 4. The molecule has 2 heterocycles. The van der Waals surface area contributed by atoms with E-state index in [9.17, 15) is 0 Å². The van der Waals surface area contributed by atoms with Crippen molar-refractivity contribution in [1.82, 2.24) is 10.2 Å². The predicted molar refractivity (Wildman–Crippen MR) is 107 cm³/mol. The lowest BCUT2D eigenvalue weighted by molar-refractivity contribution is 0.576. The molecule has 0 aliphatic heterocycles.